The highest BCUT2D eigenvalue weighted by molar-refractivity contribution is 5.92. The quantitative estimate of drug-likeness (QED) is 0.188. The molecule has 37 heavy (non-hydrogen) atoms. The molecule has 2 aromatic carbocycles. The SMILES string of the molecule is N[C@@H](Cc1ccccc1)C(=O)N[C@@H](Cc1ccccc1)C(=O)NCC(=O)N[C@@H](Cc1cnc[nH]1)C(=O)O. The highest BCUT2D eigenvalue weighted by Crippen LogP contribution is 2.06. The van der Waals surface area contributed by atoms with Gasteiger partial charge in [0, 0.05) is 24.7 Å². The zero-order chi connectivity index (χ0) is 26.6. The van der Waals surface area contributed by atoms with Crippen LogP contribution >= 0.6 is 0 Å². The normalized spacial score (nSPS) is 13.1. The van der Waals surface area contributed by atoms with Crippen molar-refractivity contribution < 1.29 is 24.3 Å². The van der Waals surface area contributed by atoms with E-state index >= 15 is 0 Å². The van der Waals surface area contributed by atoms with Gasteiger partial charge in [-0.15, -0.1) is 0 Å². The Bertz CT molecular complexity index is 1170. The number of nitrogens with zero attached hydrogens (tertiary/aromatic N) is 1. The van der Waals surface area contributed by atoms with Crippen LogP contribution in [0.5, 0.6) is 0 Å². The number of nitrogens with one attached hydrogen (secondary N) is 4. The zero-order valence-electron chi connectivity index (χ0n) is 20.1. The molecule has 3 atom stereocenters. The lowest BCUT2D eigenvalue weighted by molar-refractivity contribution is -0.141. The molecule has 1 heterocycles. The van der Waals surface area contributed by atoms with E-state index in [1.54, 1.807) is 0 Å². The van der Waals surface area contributed by atoms with E-state index in [4.69, 9.17) is 5.73 Å². The number of nitrogens with two attached hydrogens (primary N) is 1. The first-order chi connectivity index (χ1) is 17.8. The molecule has 3 amide bonds. The molecule has 0 fully saturated rings. The Morgan fingerprint density at radius 3 is 2.03 bits per heavy atom. The third kappa shape index (κ3) is 8.89. The molecule has 0 bridgehead atoms. The van der Waals surface area contributed by atoms with Gasteiger partial charge in [0.15, 0.2) is 0 Å². The fourth-order valence-electron chi connectivity index (χ4n) is 3.65. The minimum atomic E-state index is -1.23. The van der Waals surface area contributed by atoms with Gasteiger partial charge in [0.1, 0.15) is 12.1 Å². The molecule has 194 valence electrons. The Hall–Kier alpha value is -4.51. The maximum absolute atomic E-state index is 13.0. The molecule has 0 spiro atoms. The van der Waals surface area contributed by atoms with Crippen LogP contribution in [0, 0.1) is 0 Å². The largest absolute Gasteiger partial charge is 0.480 e. The summed E-state index contributed by atoms with van der Waals surface area (Å²) >= 11 is 0. The minimum Gasteiger partial charge on any atom is -0.480 e. The van der Waals surface area contributed by atoms with Crippen LogP contribution in [0.15, 0.2) is 73.2 Å². The molecule has 11 heteroatoms. The third-order valence-electron chi connectivity index (χ3n) is 5.59. The van der Waals surface area contributed by atoms with Gasteiger partial charge < -0.3 is 31.8 Å². The lowest BCUT2D eigenvalue weighted by Crippen LogP contribution is -2.54. The number of benzene rings is 2. The second-order valence-electron chi connectivity index (χ2n) is 8.50. The van der Waals surface area contributed by atoms with Crippen LogP contribution in [0.2, 0.25) is 0 Å². The summed E-state index contributed by atoms with van der Waals surface area (Å²) in [6, 6.07) is 15.3. The van der Waals surface area contributed by atoms with Crippen LogP contribution in [0.1, 0.15) is 16.8 Å². The number of carboxylic acid groups (broad SMARTS) is 1. The fourth-order valence-corrected chi connectivity index (χ4v) is 3.65. The second-order valence-corrected chi connectivity index (χ2v) is 8.50. The number of hydrogen-bond donors (Lipinski definition) is 6. The maximum atomic E-state index is 13.0. The van der Waals surface area contributed by atoms with Crippen LogP contribution in [0.25, 0.3) is 0 Å². The number of carboxylic acids is 1. The van der Waals surface area contributed by atoms with Crippen LogP contribution in [-0.4, -0.2) is 63.4 Å². The molecular weight excluding hydrogens is 476 g/mol. The predicted octanol–water partition coefficient (Wildman–Crippen LogP) is -0.0647. The lowest BCUT2D eigenvalue weighted by atomic mass is 10.0. The van der Waals surface area contributed by atoms with Crippen molar-refractivity contribution in [2.45, 2.75) is 37.4 Å². The summed E-state index contributed by atoms with van der Waals surface area (Å²) in [5.41, 5.74) is 8.30. The van der Waals surface area contributed by atoms with Crippen LogP contribution in [-0.2, 0) is 38.4 Å². The summed E-state index contributed by atoms with van der Waals surface area (Å²) in [5.74, 6) is -3.02. The second kappa shape index (κ2) is 13.5. The third-order valence-corrected chi connectivity index (χ3v) is 5.59. The molecular formula is C26H30N6O5. The molecule has 0 unspecified atom stereocenters. The molecule has 0 radical (unpaired) electrons. The van der Waals surface area contributed by atoms with Gasteiger partial charge >= 0.3 is 5.97 Å². The number of carbonyl (C=O) groups is 4. The van der Waals surface area contributed by atoms with Crippen LogP contribution in [0.3, 0.4) is 0 Å². The van der Waals surface area contributed by atoms with Gasteiger partial charge in [-0.2, -0.15) is 0 Å². The van der Waals surface area contributed by atoms with Gasteiger partial charge in [0.2, 0.25) is 17.7 Å². The Balaban J connectivity index is 1.60. The average molecular weight is 507 g/mol. The maximum Gasteiger partial charge on any atom is 0.326 e. The Labute approximate surface area is 213 Å². The minimum absolute atomic E-state index is 0.00100. The number of hydrogen-bond acceptors (Lipinski definition) is 6. The molecule has 3 aromatic rings. The highest BCUT2D eigenvalue weighted by Gasteiger charge is 2.26. The van der Waals surface area contributed by atoms with E-state index in [0.29, 0.717) is 12.1 Å². The van der Waals surface area contributed by atoms with Crippen molar-refractivity contribution in [3.05, 3.63) is 90.0 Å². The average Bonchev–Trinajstić information content (AvgIpc) is 3.41. The summed E-state index contributed by atoms with van der Waals surface area (Å²) in [7, 11) is 0. The van der Waals surface area contributed by atoms with E-state index in [0.717, 1.165) is 11.1 Å². The molecule has 0 saturated carbocycles. The number of H-pyrrole nitrogens is 1. The van der Waals surface area contributed by atoms with Crippen LogP contribution < -0.4 is 21.7 Å². The zero-order valence-corrected chi connectivity index (χ0v) is 20.1. The summed E-state index contributed by atoms with van der Waals surface area (Å²) in [6.07, 6.45) is 3.34. The molecule has 11 nitrogen and oxygen atoms in total. The summed E-state index contributed by atoms with van der Waals surface area (Å²) in [5, 5.41) is 17.0. The Kier molecular flexibility index (Phi) is 9.91. The molecule has 1 aromatic heterocycles. The number of aliphatic carboxylic acids is 1. The monoisotopic (exact) mass is 506 g/mol. The Morgan fingerprint density at radius 1 is 0.838 bits per heavy atom. The molecule has 0 aliphatic carbocycles. The van der Waals surface area contributed by atoms with Crippen molar-refractivity contribution in [2.75, 3.05) is 6.54 Å². The van der Waals surface area contributed by atoms with E-state index in [9.17, 15) is 24.3 Å². The summed E-state index contributed by atoms with van der Waals surface area (Å²) in [4.78, 5) is 56.3. The molecule has 0 aliphatic heterocycles. The van der Waals surface area contributed by atoms with E-state index in [2.05, 4.69) is 25.9 Å². The van der Waals surface area contributed by atoms with Crippen molar-refractivity contribution >= 4 is 23.7 Å². The van der Waals surface area contributed by atoms with Gasteiger partial charge in [-0.05, 0) is 17.5 Å². The lowest BCUT2D eigenvalue weighted by Gasteiger charge is -2.21. The molecule has 0 saturated heterocycles. The summed E-state index contributed by atoms with van der Waals surface area (Å²) < 4.78 is 0. The molecule has 7 N–H and O–H groups in total. The number of carbonyl (C=O) groups excluding carboxylic acids is 3. The number of imidazole rings is 1. The number of aromatic nitrogens is 2. The standard InChI is InChI=1S/C26H30N6O5/c27-20(11-17-7-3-1-4-8-17)24(34)32-21(12-18-9-5-2-6-10-18)25(35)29-15-23(33)31-22(26(36)37)13-19-14-28-16-30-19/h1-10,14,16,20-22H,11-13,15,27H2,(H,28,30)(H,29,35)(H,31,33)(H,32,34)(H,36,37)/t20-,21-,22-/m0/s1. The van der Waals surface area contributed by atoms with Crippen molar-refractivity contribution in [1.82, 2.24) is 25.9 Å². The fraction of sp³-hybridized carbons (Fsp3) is 0.269. The van der Waals surface area contributed by atoms with Crippen molar-refractivity contribution in [2.24, 2.45) is 5.73 Å². The van der Waals surface area contributed by atoms with Gasteiger partial charge in [-0.1, -0.05) is 60.7 Å². The first-order valence-corrected chi connectivity index (χ1v) is 11.7. The van der Waals surface area contributed by atoms with E-state index in [1.807, 2.05) is 60.7 Å². The van der Waals surface area contributed by atoms with Crippen molar-refractivity contribution in [3.8, 4) is 0 Å². The topological polar surface area (TPSA) is 179 Å². The van der Waals surface area contributed by atoms with Gasteiger partial charge in [0.05, 0.1) is 18.9 Å². The Morgan fingerprint density at radius 2 is 1.46 bits per heavy atom. The van der Waals surface area contributed by atoms with Crippen molar-refractivity contribution in [3.63, 3.8) is 0 Å². The predicted molar refractivity (Wildman–Crippen MR) is 135 cm³/mol. The van der Waals surface area contributed by atoms with E-state index in [-0.39, 0.29) is 12.8 Å². The first kappa shape index (κ1) is 27.1. The van der Waals surface area contributed by atoms with E-state index in [1.165, 1.54) is 12.5 Å². The highest BCUT2D eigenvalue weighted by atomic mass is 16.4. The smallest absolute Gasteiger partial charge is 0.326 e. The van der Waals surface area contributed by atoms with Gasteiger partial charge in [0.25, 0.3) is 0 Å². The van der Waals surface area contributed by atoms with Gasteiger partial charge in [-0.25, -0.2) is 9.78 Å². The van der Waals surface area contributed by atoms with Crippen molar-refractivity contribution in [1.29, 1.82) is 0 Å². The molecule has 3 rings (SSSR count). The molecule has 0 aliphatic rings. The summed E-state index contributed by atoms with van der Waals surface area (Å²) in [6.45, 7) is -0.469. The van der Waals surface area contributed by atoms with Crippen LogP contribution in [0.4, 0.5) is 0 Å². The number of aromatic amines is 1. The number of rotatable bonds is 13. The van der Waals surface area contributed by atoms with E-state index < -0.39 is 48.4 Å². The first-order valence-electron chi connectivity index (χ1n) is 11.7. The van der Waals surface area contributed by atoms with Gasteiger partial charge in [-0.3, -0.25) is 14.4 Å². The number of amides is 3.